The Hall–Kier alpha value is -2.18. The molecule has 1 aliphatic carbocycles. The summed E-state index contributed by atoms with van der Waals surface area (Å²) in [6, 6.07) is 1.82. The van der Waals surface area contributed by atoms with E-state index in [0.29, 0.717) is 11.1 Å². The normalized spacial score (nSPS) is 28.3. The highest BCUT2D eigenvalue weighted by molar-refractivity contribution is 5.83. The molecule has 1 saturated heterocycles. The summed E-state index contributed by atoms with van der Waals surface area (Å²) in [5.74, 6) is 0.644. The minimum atomic E-state index is -0.746. The van der Waals surface area contributed by atoms with Crippen molar-refractivity contribution in [3.8, 4) is 0 Å². The van der Waals surface area contributed by atoms with Crippen molar-refractivity contribution in [3.05, 3.63) is 53.2 Å². The number of allylic oxidation sites excluding steroid dienone is 4. The summed E-state index contributed by atoms with van der Waals surface area (Å²) in [4.78, 5) is 16.2. The third-order valence-corrected chi connectivity index (χ3v) is 3.90. The molecule has 1 radical (unpaired) electrons. The zero-order chi connectivity index (χ0) is 16.0. The smallest absolute Gasteiger partial charge is 0.353 e. The number of fused-ring (bicyclic) bond motifs is 1. The zero-order valence-corrected chi connectivity index (χ0v) is 11.7. The molecule has 0 amide bonds. The molecule has 0 saturated carbocycles. The van der Waals surface area contributed by atoms with Crippen LogP contribution in [0.5, 0.6) is 0 Å². The number of aromatic nitrogens is 2. The van der Waals surface area contributed by atoms with Crippen LogP contribution in [-0.2, 0) is 4.74 Å². The van der Waals surface area contributed by atoms with Gasteiger partial charge in [-0.25, -0.2) is 4.79 Å². The summed E-state index contributed by atoms with van der Waals surface area (Å²) in [6.07, 6.45) is 7.61. The van der Waals surface area contributed by atoms with E-state index in [4.69, 9.17) is 10.5 Å². The molecule has 22 heavy (non-hydrogen) atoms. The number of aliphatic hydroxyl groups excluding tert-OH is 1. The summed E-state index contributed by atoms with van der Waals surface area (Å²) < 4.78 is 19.9. The highest BCUT2D eigenvalue weighted by Gasteiger charge is 2.32. The van der Waals surface area contributed by atoms with Crippen LogP contribution >= 0.6 is 0 Å². The molecule has 1 fully saturated rings. The van der Waals surface area contributed by atoms with Crippen LogP contribution in [0.3, 0.4) is 0 Å². The van der Waals surface area contributed by atoms with Crippen molar-refractivity contribution < 1.29 is 15.6 Å². The van der Waals surface area contributed by atoms with Crippen molar-refractivity contribution in [3.63, 3.8) is 0 Å². The molecule has 3 atom stereocenters. The number of ether oxygens (including phenoxy) is 1. The Bertz CT molecular complexity index is 867. The van der Waals surface area contributed by atoms with E-state index in [1.54, 1.807) is 6.20 Å². The quantitative estimate of drug-likeness (QED) is 0.915. The van der Waals surface area contributed by atoms with E-state index >= 15 is 0 Å². The Labute approximate surface area is 127 Å². The number of furan rings is 1. The maximum atomic E-state index is 12.2. The van der Waals surface area contributed by atoms with E-state index in [0.717, 1.165) is 5.57 Å². The van der Waals surface area contributed by atoms with E-state index in [1.165, 1.54) is 4.57 Å². The summed E-state index contributed by atoms with van der Waals surface area (Å²) in [6.45, 7) is -0.0467. The van der Waals surface area contributed by atoms with Gasteiger partial charge in [-0.1, -0.05) is 18.2 Å². The van der Waals surface area contributed by atoms with Gasteiger partial charge in [0, 0.05) is 26.0 Å². The minimum absolute atomic E-state index is 0.0467. The van der Waals surface area contributed by atoms with E-state index in [-0.39, 0.29) is 19.0 Å². The van der Waals surface area contributed by atoms with E-state index in [1.807, 2.05) is 30.7 Å². The molecule has 3 heterocycles. The van der Waals surface area contributed by atoms with Gasteiger partial charge in [-0.15, -0.1) is 0 Å². The number of nitrogens with zero attached hydrogens (tertiary/aromatic N) is 2. The van der Waals surface area contributed by atoms with E-state index in [9.17, 15) is 9.90 Å². The van der Waals surface area contributed by atoms with Crippen molar-refractivity contribution in [2.45, 2.75) is 31.8 Å². The summed E-state index contributed by atoms with van der Waals surface area (Å²) in [7, 11) is 0. The Morgan fingerprint density at radius 2 is 2.45 bits per heavy atom. The molecule has 6 nitrogen and oxygen atoms in total. The standard InChI is InChI=1S/C16H15N2O4/c1-9-12(19)7-14(21-9)18-8-11-6-13(10-4-2-3-5-10)22-15(11)17-16(18)20/h2-6,8-9,12,14,19H,7H2,1H3/t9-,12?,14-/m1/s1/i1D. The highest BCUT2D eigenvalue weighted by atomic mass is 16.5. The van der Waals surface area contributed by atoms with Crippen LogP contribution in [0.25, 0.3) is 16.7 Å². The topological polar surface area (TPSA) is 77.5 Å². The molecule has 2 aromatic heterocycles. The second-order valence-corrected chi connectivity index (χ2v) is 5.41. The van der Waals surface area contributed by atoms with Gasteiger partial charge in [0.1, 0.15) is 12.0 Å². The van der Waals surface area contributed by atoms with Crippen LogP contribution in [0, 0.1) is 6.42 Å². The van der Waals surface area contributed by atoms with Crippen molar-refractivity contribution in [1.82, 2.24) is 9.55 Å². The third kappa shape index (κ3) is 2.12. The first-order valence-electron chi connectivity index (χ1n) is 7.74. The van der Waals surface area contributed by atoms with Crippen LogP contribution in [0.2, 0.25) is 0 Å². The van der Waals surface area contributed by atoms with Crippen LogP contribution < -0.4 is 5.69 Å². The average molecular weight is 300 g/mol. The van der Waals surface area contributed by atoms with Gasteiger partial charge in [-0.2, -0.15) is 4.98 Å². The molecular weight excluding hydrogens is 284 g/mol. The van der Waals surface area contributed by atoms with E-state index < -0.39 is 24.1 Å². The second-order valence-electron chi connectivity index (χ2n) is 5.41. The first-order chi connectivity index (χ1) is 11.2. The molecule has 4 rings (SSSR count). The molecule has 2 aromatic rings. The predicted octanol–water partition coefficient (Wildman–Crippen LogP) is 1.82. The number of hydrogen-bond acceptors (Lipinski definition) is 5. The van der Waals surface area contributed by atoms with Crippen LogP contribution in [-0.4, -0.2) is 26.9 Å². The van der Waals surface area contributed by atoms with Gasteiger partial charge >= 0.3 is 5.69 Å². The van der Waals surface area contributed by atoms with Crippen molar-refractivity contribution in [2.24, 2.45) is 0 Å². The van der Waals surface area contributed by atoms with Crippen LogP contribution in [0.1, 0.15) is 26.7 Å². The maximum Gasteiger partial charge on any atom is 0.353 e. The monoisotopic (exact) mass is 300 g/mol. The molecule has 113 valence electrons. The average Bonchev–Trinajstić information content (AvgIpc) is 3.24. The SMILES string of the molecule is [2H]C[C@H]1O[C@@H](n2cc3cc(C4=C[CH]C=C4)oc3nc2=O)CC1O. The fraction of sp³-hybridized carbons (Fsp3) is 0.312. The minimum Gasteiger partial charge on any atom is -0.438 e. The molecule has 1 unspecified atom stereocenters. The lowest BCUT2D eigenvalue weighted by Gasteiger charge is -2.12. The summed E-state index contributed by atoms with van der Waals surface area (Å²) >= 11 is 0. The van der Waals surface area contributed by atoms with Crippen LogP contribution in [0.15, 0.2) is 39.7 Å². The van der Waals surface area contributed by atoms with Gasteiger partial charge in [-0.3, -0.25) is 4.57 Å². The first kappa shape index (κ1) is 12.4. The Morgan fingerprint density at radius 3 is 3.18 bits per heavy atom. The zero-order valence-electron chi connectivity index (χ0n) is 12.7. The molecule has 2 aliphatic rings. The van der Waals surface area contributed by atoms with Gasteiger partial charge in [-0.05, 0) is 13.0 Å². The molecule has 6 heteroatoms. The molecule has 0 spiro atoms. The molecule has 0 bridgehead atoms. The Kier molecular flexibility index (Phi) is 2.77. The molecule has 1 aliphatic heterocycles. The Balaban J connectivity index is 1.72. The second kappa shape index (κ2) is 4.93. The van der Waals surface area contributed by atoms with Gasteiger partial charge in [0.2, 0.25) is 5.71 Å². The number of rotatable bonds is 2. The van der Waals surface area contributed by atoms with E-state index in [2.05, 4.69) is 4.98 Å². The van der Waals surface area contributed by atoms with Crippen molar-refractivity contribution in [2.75, 3.05) is 0 Å². The first-order valence-corrected chi connectivity index (χ1v) is 7.03. The lowest BCUT2D eigenvalue weighted by molar-refractivity contribution is -0.00984. The number of hydrogen-bond donors (Lipinski definition) is 1. The van der Waals surface area contributed by atoms with Gasteiger partial charge in [0.15, 0.2) is 0 Å². The van der Waals surface area contributed by atoms with Gasteiger partial charge in [0.05, 0.1) is 17.6 Å². The van der Waals surface area contributed by atoms with Crippen molar-refractivity contribution >= 4 is 16.7 Å². The summed E-state index contributed by atoms with van der Waals surface area (Å²) in [5, 5.41) is 10.5. The predicted molar refractivity (Wildman–Crippen MR) is 79.9 cm³/mol. The highest BCUT2D eigenvalue weighted by Crippen LogP contribution is 2.30. The largest absolute Gasteiger partial charge is 0.438 e. The molecule has 0 aromatic carbocycles. The maximum absolute atomic E-state index is 12.2. The lowest BCUT2D eigenvalue weighted by atomic mass is 10.2. The van der Waals surface area contributed by atoms with Gasteiger partial charge in [0.25, 0.3) is 0 Å². The number of aliphatic hydroxyl groups is 1. The van der Waals surface area contributed by atoms with Crippen molar-refractivity contribution in [1.29, 1.82) is 0 Å². The van der Waals surface area contributed by atoms with Crippen LogP contribution in [0.4, 0.5) is 0 Å². The lowest BCUT2D eigenvalue weighted by Crippen LogP contribution is -2.26. The summed E-state index contributed by atoms with van der Waals surface area (Å²) in [5.41, 5.74) is 0.700. The third-order valence-electron chi connectivity index (χ3n) is 3.90. The fourth-order valence-corrected chi connectivity index (χ4v) is 2.70. The Morgan fingerprint density at radius 1 is 1.55 bits per heavy atom. The fourth-order valence-electron chi connectivity index (χ4n) is 2.70. The van der Waals surface area contributed by atoms with Gasteiger partial charge < -0.3 is 14.3 Å². The molecular formula is C16H15N2O4. The molecule has 1 N–H and O–H groups in total.